The van der Waals surface area contributed by atoms with Gasteiger partial charge < -0.3 is 10.4 Å². The molecule has 0 radical (unpaired) electrons. The molecule has 26 heavy (non-hydrogen) atoms. The minimum Gasteiger partial charge on any atom is -0.480 e. The first-order chi connectivity index (χ1) is 12.1. The Kier molecular flexibility index (Phi) is 5.69. The van der Waals surface area contributed by atoms with Crippen LogP contribution in [-0.4, -0.2) is 23.0 Å². The second kappa shape index (κ2) is 7.59. The van der Waals surface area contributed by atoms with E-state index in [9.17, 15) is 27.9 Å². The number of alkyl halides is 3. The lowest BCUT2D eigenvalue weighted by Gasteiger charge is -2.16. The van der Waals surface area contributed by atoms with Crippen LogP contribution < -0.4 is 5.32 Å². The number of benzene rings is 2. The van der Waals surface area contributed by atoms with Crippen LogP contribution in [0, 0.1) is 13.8 Å². The van der Waals surface area contributed by atoms with Gasteiger partial charge in [0.25, 0.3) is 5.91 Å². The fourth-order valence-corrected chi connectivity index (χ4v) is 2.61. The Hall–Kier alpha value is -2.83. The number of carbonyl (C=O) groups is 2. The maximum Gasteiger partial charge on any atom is 0.416 e. The molecule has 0 heterocycles. The van der Waals surface area contributed by atoms with E-state index in [0.717, 1.165) is 23.3 Å². The van der Waals surface area contributed by atoms with Gasteiger partial charge in [0.1, 0.15) is 6.04 Å². The predicted octanol–water partition coefficient (Wildman–Crippen LogP) is 3.75. The minimum atomic E-state index is -4.46. The first-order valence-corrected chi connectivity index (χ1v) is 7.84. The van der Waals surface area contributed by atoms with Gasteiger partial charge in [0.15, 0.2) is 0 Å². The van der Waals surface area contributed by atoms with Crippen molar-refractivity contribution in [2.75, 3.05) is 0 Å². The number of aliphatic carboxylic acids is 1. The number of aryl methyl sites for hydroxylation is 2. The number of nitrogens with one attached hydrogen (secondary N) is 1. The lowest BCUT2D eigenvalue weighted by Crippen LogP contribution is -2.42. The third kappa shape index (κ3) is 5.08. The molecule has 0 bridgehead atoms. The van der Waals surface area contributed by atoms with Gasteiger partial charge in [-0.15, -0.1) is 0 Å². The van der Waals surface area contributed by atoms with Crippen molar-refractivity contribution in [3.05, 3.63) is 70.3 Å². The van der Waals surface area contributed by atoms with Crippen LogP contribution >= 0.6 is 0 Å². The van der Waals surface area contributed by atoms with E-state index in [4.69, 9.17) is 0 Å². The zero-order chi connectivity index (χ0) is 19.5. The van der Waals surface area contributed by atoms with Crippen molar-refractivity contribution in [3.8, 4) is 0 Å². The molecule has 2 aromatic rings. The number of carbonyl (C=O) groups excluding carboxylic acids is 1. The van der Waals surface area contributed by atoms with Crippen molar-refractivity contribution in [2.24, 2.45) is 0 Å². The van der Waals surface area contributed by atoms with Gasteiger partial charge in [-0.1, -0.05) is 29.3 Å². The molecule has 0 aliphatic heterocycles. The Morgan fingerprint density at radius 2 is 1.58 bits per heavy atom. The molecule has 0 saturated heterocycles. The molecule has 7 heteroatoms. The van der Waals surface area contributed by atoms with E-state index in [2.05, 4.69) is 5.32 Å². The molecule has 4 nitrogen and oxygen atoms in total. The summed E-state index contributed by atoms with van der Waals surface area (Å²) >= 11 is 0. The maximum atomic E-state index is 12.6. The lowest BCUT2D eigenvalue weighted by atomic mass is 10.0. The number of rotatable bonds is 5. The highest BCUT2D eigenvalue weighted by Crippen LogP contribution is 2.29. The van der Waals surface area contributed by atoms with Gasteiger partial charge in [0.2, 0.25) is 0 Å². The Morgan fingerprint density at radius 1 is 1.04 bits per heavy atom. The van der Waals surface area contributed by atoms with Gasteiger partial charge in [-0.25, -0.2) is 4.79 Å². The van der Waals surface area contributed by atoms with Crippen LogP contribution in [0.15, 0.2) is 42.5 Å². The fourth-order valence-electron chi connectivity index (χ4n) is 2.61. The number of halogens is 3. The number of hydrogen-bond acceptors (Lipinski definition) is 2. The molecular weight excluding hydrogens is 347 g/mol. The summed E-state index contributed by atoms with van der Waals surface area (Å²) in [6.07, 6.45) is -4.58. The molecule has 0 unspecified atom stereocenters. The smallest absolute Gasteiger partial charge is 0.416 e. The van der Waals surface area contributed by atoms with Crippen molar-refractivity contribution in [1.29, 1.82) is 0 Å². The summed E-state index contributed by atoms with van der Waals surface area (Å²) in [5.74, 6) is -1.81. The lowest BCUT2D eigenvalue weighted by molar-refractivity contribution is -0.139. The van der Waals surface area contributed by atoms with Gasteiger partial charge >= 0.3 is 12.1 Å². The van der Waals surface area contributed by atoms with E-state index >= 15 is 0 Å². The second-order valence-electron chi connectivity index (χ2n) is 6.14. The van der Waals surface area contributed by atoms with Crippen molar-refractivity contribution in [1.82, 2.24) is 5.32 Å². The fraction of sp³-hybridized carbons (Fsp3) is 0.263. The molecular formula is C19H18F3NO3. The van der Waals surface area contributed by atoms with Crippen molar-refractivity contribution in [2.45, 2.75) is 32.5 Å². The van der Waals surface area contributed by atoms with Crippen LogP contribution in [0.4, 0.5) is 13.2 Å². The van der Waals surface area contributed by atoms with Crippen LogP contribution in [0.2, 0.25) is 0 Å². The molecule has 0 fully saturated rings. The largest absolute Gasteiger partial charge is 0.480 e. The summed E-state index contributed by atoms with van der Waals surface area (Å²) in [4.78, 5) is 23.8. The van der Waals surface area contributed by atoms with E-state index < -0.39 is 29.7 Å². The Morgan fingerprint density at radius 3 is 2.04 bits per heavy atom. The van der Waals surface area contributed by atoms with Gasteiger partial charge in [0.05, 0.1) is 5.56 Å². The molecule has 2 aromatic carbocycles. The number of carboxylic acids is 1. The van der Waals surface area contributed by atoms with E-state index in [0.29, 0.717) is 11.1 Å². The minimum absolute atomic E-state index is 0.121. The zero-order valence-electron chi connectivity index (χ0n) is 14.2. The average Bonchev–Trinajstić information content (AvgIpc) is 2.52. The van der Waals surface area contributed by atoms with Crippen molar-refractivity contribution in [3.63, 3.8) is 0 Å². The number of amides is 1. The van der Waals surface area contributed by atoms with Crippen LogP contribution in [-0.2, 0) is 17.4 Å². The average molecular weight is 365 g/mol. The highest BCUT2D eigenvalue weighted by atomic mass is 19.4. The van der Waals surface area contributed by atoms with Gasteiger partial charge in [-0.3, -0.25) is 4.79 Å². The monoisotopic (exact) mass is 365 g/mol. The Labute approximate surface area is 148 Å². The highest BCUT2D eigenvalue weighted by Gasteiger charge is 2.30. The summed E-state index contributed by atoms with van der Waals surface area (Å²) in [6.45, 7) is 3.64. The second-order valence-corrected chi connectivity index (χ2v) is 6.14. The van der Waals surface area contributed by atoms with Gasteiger partial charge in [-0.2, -0.15) is 13.2 Å². The molecule has 0 aromatic heterocycles. The highest BCUT2D eigenvalue weighted by molar-refractivity contribution is 5.97. The molecule has 1 amide bonds. The summed E-state index contributed by atoms with van der Waals surface area (Å²) < 4.78 is 37.8. The quantitative estimate of drug-likeness (QED) is 0.848. The molecule has 0 aliphatic rings. The first kappa shape index (κ1) is 19.5. The SMILES string of the molecule is Cc1cc(C)cc(C(=O)N[C@@H](Cc2ccc(C(F)(F)F)cc2)C(=O)O)c1. The predicted molar refractivity (Wildman–Crippen MR) is 90.0 cm³/mol. The molecule has 0 aliphatic carbocycles. The molecule has 1 atom stereocenters. The standard InChI is InChI=1S/C19H18F3NO3/c1-11-7-12(2)9-14(8-11)17(24)23-16(18(25)26)10-13-3-5-15(6-4-13)19(20,21)22/h3-9,16H,10H2,1-2H3,(H,23,24)(H,25,26)/t16-/m0/s1. The van der Waals surface area contributed by atoms with Gasteiger partial charge in [-0.05, 0) is 43.7 Å². The number of carboxylic acid groups (broad SMARTS) is 1. The third-order valence-electron chi connectivity index (χ3n) is 3.81. The summed E-state index contributed by atoms with van der Waals surface area (Å²) in [5, 5.41) is 11.7. The van der Waals surface area contributed by atoms with Crippen LogP contribution in [0.5, 0.6) is 0 Å². The molecule has 0 spiro atoms. The molecule has 0 saturated carbocycles. The molecule has 138 valence electrons. The maximum absolute atomic E-state index is 12.6. The topological polar surface area (TPSA) is 66.4 Å². The number of hydrogen-bond donors (Lipinski definition) is 2. The van der Waals surface area contributed by atoms with E-state index in [-0.39, 0.29) is 6.42 Å². The Bertz CT molecular complexity index is 794. The van der Waals surface area contributed by atoms with Crippen LogP contribution in [0.3, 0.4) is 0 Å². The first-order valence-electron chi connectivity index (χ1n) is 7.84. The zero-order valence-corrected chi connectivity index (χ0v) is 14.2. The Balaban J connectivity index is 2.14. The molecule has 2 N–H and O–H groups in total. The van der Waals surface area contributed by atoms with Crippen molar-refractivity contribution < 1.29 is 27.9 Å². The molecule has 2 rings (SSSR count). The van der Waals surface area contributed by atoms with E-state index in [1.807, 2.05) is 19.9 Å². The van der Waals surface area contributed by atoms with E-state index in [1.165, 1.54) is 12.1 Å². The summed E-state index contributed by atoms with van der Waals surface area (Å²) in [6, 6.07) is 8.11. The normalized spacial score (nSPS) is 12.5. The van der Waals surface area contributed by atoms with Crippen LogP contribution in [0.25, 0.3) is 0 Å². The van der Waals surface area contributed by atoms with Crippen molar-refractivity contribution >= 4 is 11.9 Å². The van der Waals surface area contributed by atoms with E-state index in [1.54, 1.807) is 12.1 Å². The van der Waals surface area contributed by atoms with Crippen LogP contribution in [0.1, 0.15) is 32.6 Å². The summed E-state index contributed by atoms with van der Waals surface area (Å²) in [7, 11) is 0. The van der Waals surface area contributed by atoms with Gasteiger partial charge in [0, 0.05) is 12.0 Å². The summed E-state index contributed by atoms with van der Waals surface area (Å²) in [5.41, 5.74) is 1.63. The third-order valence-corrected chi connectivity index (χ3v) is 3.81.